The minimum atomic E-state index is -3.81. The summed E-state index contributed by atoms with van der Waals surface area (Å²) in [6.45, 7) is 1.88. The lowest BCUT2D eigenvalue weighted by Gasteiger charge is -2.18. The van der Waals surface area contributed by atoms with Gasteiger partial charge in [0.15, 0.2) is 0 Å². The number of halogens is 1. The normalized spacial score (nSPS) is 12.6. The summed E-state index contributed by atoms with van der Waals surface area (Å²) >= 11 is 3.36. The third kappa shape index (κ3) is 6.85. The first kappa shape index (κ1) is 22.9. The summed E-state index contributed by atoms with van der Waals surface area (Å²) in [6.07, 6.45) is 1.42. The van der Waals surface area contributed by atoms with Gasteiger partial charge in [-0.3, -0.25) is 4.79 Å². The smallest absolute Gasteiger partial charge is 0.242 e. The molecular formula is C23H22BrN3O3S. The number of benzene rings is 3. The number of nitrogens with zero attached hydrogens (tertiary/aromatic N) is 1. The summed E-state index contributed by atoms with van der Waals surface area (Å²) in [6, 6.07) is 22.2. The molecule has 0 aliphatic carbocycles. The molecule has 1 unspecified atom stereocenters. The fourth-order valence-corrected chi connectivity index (χ4v) is 4.33. The number of carbonyl (C=O) groups is 1. The van der Waals surface area contributed by atoms with E-state index in [2.05, 4.69) is 31.2 Å². The van der Waals surface area contributed by atoms with Gasteiger partial charge in [0.1, 0.15) is 0 Å². The van der Waals surface area contributed by atoms with Crippen LogP contribution in [-0.4, -0.2) is 20.5 Å². The van der Waals surface area contributed by atoms with Crippen molar-refractivity contribution in [3.63, 3.8) is 0 Å². The van der Waals surface area contributed by atoms with Gasteiger partial charge in [-0.25, -0.2) is 18.6 Å². The van der Waals surface area contributed by atoms with E-state index in [1.165, 1.54) is 6.21 Å². The maximum Gasteiger partial charge on any atom is 0.242 e. The van der Waals surface area contributed by atoms with E-state index in [0.717, 1.165) is 15.6 Å². The first-order chi connectivity index (χ1) is 14.8. The van der Waals surface area contributed by atoms with E-state index in [1.54, 1.807) is 48.5 Å². The van der Waals surface area contributed by atoms with E-state index >= 15 is 0 Å². The Labute approximate surface area is 190 Å². The maximum absolute atomic E-state index is 12.9. The summed E-state index contributed by atoms with van der Waals surface area (Å²) < 4.78 is 29.3. The number of amides is 1. The largest absolute Gasteiger partial charge is 0.273 e. The number of nitrogens with one attached hydrogen (secondary N) is 2. The van der Waals surface area contributed by atoms with Crippen LogP contribution in [0.15, 0.2) is 93.3 Å². The van der Waals surface area contributed by atoms with Crippen molar-refractivity contribution < 1.29 is 13.2 Å². The minimum absolute atomic E-state index is 0.104. The summed E-state index contributed by atoms with van der Waals surface area (Å²) in [5.41, 5.74) is 4.93. The second-order valence-corrected chi connectivity index (χ2v) is 9.58. The summed E-state index contributed by atoms with van der Waals surface area (Å²) in [4.78, 5) is 12.6. The van der Waals surface area contributed by atoms with Gasteiger partial charge in [-0.15, -0.1) is 0 Å². The van der Waals surface area contributed by atoms with Crippen LogP contribution in [0.2, 0.25) is 0 Å². The molecule has 31 heavy (non-hydrogen) atoms. The van der Waals surface area contributed by atoms with Gasteiger partial charge >= 0.3 is 0 Å². The standard InChI is InChI=1S/C23H22BrN3O3S/c1-17-7-13-21(14-8-17)31(29,30)27-22(19-5-3-2-4-6-19)15-23(28)26-25-16-18-9-11-20(24)12-10-18/h2-14,16,22,27H,15H2,1H3,(H,26,28). The molecule has 8 heteroatoms. The van der Waals surface area contributed by atoms with Gasteiger partial charge in [0, 0.05) is 10.9 Å². The predicted octanol–water partition coefficient (Wildman–Crippen LogP) is 4.32. The molecule has 160 valence electrons. The van der Waals surface area contributed by atoms with Gasteiger partial charge in [-0.2, -0.15) is 5.10 Å². The second kappa shape index (κ2) is 10.5. The molecule has 0 heterocycles. The zero-order chi connectivity index (χ0) is 22.3. The molecule has 0 fully saturated rings. The number of hydrogen-bond donors (Lipinski definition) is 2. The van der Waals surface area contributed by atoms with Gasteiger partial charge in [0.25, 0.3) is 0 Å². The Morgan fingerprint density at radius 1 is 1.00 bits per heavy atom. The van der Waals surface area contributed by atoms with Crippen molar-refractivity contribution in [2.24, 2.45) is 5.10 Å². The van der Waals surface area contributed by atoms with Gasteiger partial charge in [0.2, 0.25) is 15.9 Å². The number of aryl methyl sites for hydroxylation is 1. The molecule has 6 nitrogen and oxygen atoms in total. The lowest BCUT2D eigenvalue weighted by atomic mass is 10.0. The van der Waals surface area contributed by atoms with Crippen molar-refractivity contribution >= 4 is 38.1 Å². The lowest BCUT2D eigenvalue weighted by molar-refractivity contribution is -0.121. The fourth-order valence-electron chi connectivity index (χ4n) is 2.84. The summed E-state index contributed by atoms with van der Waals surface area (Å²) in [5, 5.41) is 3.97. The van der Waals surface area contributed by atoms with Crippen LogP contribution in [0.4, 0.5) is 0 Å². The highest BCUT2D eigenvalue weighted by molar-refractivity contribution is 9.10. The molecule has 0 aromatic heterocycles. The molecule has 0 radical (unpaired) electrons. The van der Waals surface area contributed by atoms with Crippen LogP contribution in [0.3, 0.4) is 0 Å². The molecule has 0 aliphatic heterocycles. The SMILES string of the molecule is Cc1ccc(S(=O)(=O)NC(CC(=O)NN=Cc2ccc(Br)cc2)c2ccccc2)cc1. The van der Waals surface area contributed by atoms with E-state index in [-0.39, 0.29) is 11.3 Å². The van der Waals surface area contributed by atoms with Crippen LogP contribution in [0.25, 0.3) is 0 Å². The van der Waals surface area contributed by atoms with E-state index in [1.807, 2.05) is 37.3 Å². The van der Waals surface area contributed by atoms with Crippen molar-refractivity contribution in [2.45, 2.75) is 24.3 Å². The maximum atomic E-state index is 12.9. The monoisotopic (exact) mass is 499 g/mol. The average molecular weight is 500 g/mol. The van der Waals surface area contributed by atoms with Crippen molar-refractivity contribution in [1.29, 1.82) is 0 Å². The zero-order valence-corrected chi connectivity index (χ0v) is 19.2. The predicted molar refractivity (Wildman–Crippen MR) is 125 cm³/mol. The molecule has 0 aliphatic rings. The third-order valence-corrected chi connectivity index (χ3v) is 6.51. The van der Waals surface area contributed by atoms with Crippen LogP contribution >= 0.6 is 15.9 Å². The van der Waals surface area contributed by atoms with Crippen molar-refractivity contribution in [1.82, 2.24) is 10.1 Å². The average Bonchev–Trinajstić information content (AvgIpc) is 2.75. The van der Waals surface area contributed by atoms with Gasteiger partial charge in [0.05, 0.1) is 17.2 Å². The van der Waals surface area contributed by atoms with E-state index in [9.17, 15) is 13.2 Å². The fraction of sp³-hybridized carbons (Fsp3) is 0.130. The highest BCUT2D eigenvalue weighted by Gasteiger charge is 2.23. The molecule has 0 saturated heterocycles. The minimum Gasteiger partial charge on any atom is -0.273 e. The zero-order valence-electron chi connectivity index (χ0n) is 16.8. The van der Waals surface area contributed by atoms with Crippen molar-refractivity contribution in [3.8, 4) is 0 Å². The second-order valence-electron chi connectivity index (χ2n) is 6.95. The molecule has 0 spiro atoms. The van der Waals surface area contributed by atoms with Gasteiger partial charge in [-0.1, -0.05) is 76.1 Å². The molecular weight excluding hydrogens is 478 g/mol. The highest BCUT2D eigenvalue weighted by atomic mass is 79.9. The Morgan fingerprint density at radius 3 is 2.29 bits per heavy atom. The Hall–Kier alpha value is -2.81. The van der Waals surface area contributed by atoms with Crippen LogP contribution < -0.4 is 10.1 Å². The van der Waals surface area contributed by atoms with Gasteiger partial charge in [-0.05, 0) is 42.3 Å². The molecule has 1 atom stereocenters. The Bertz CT molecular complexity index is 1150. The molecule has 2 N–H and O–H groups in total. The van der Waals surface area contributed by atoms with Crippen molar-refractivity contribution in [3.05, 3.63) is 100 Å². The molecule has 0 bridgehead atoms. The lowest BCUT2D eigenvalue weighted by Crippen LogP contribution is -2.32. The number of sulfonamides is 1. The van der Waals surface area contributed by atoms with E-state index in [0.29, 0.717) is 5.56 Å². The topological polar surface area (TPSA) is 87.6 Å². The van der Waals surface area contributed by atoms with Crippen LogP contribution in [0, 0.1) is 6.92 Å². The first-order valence-corrected chi connectivity index (χ1v) is 11.8. The Balaban J connectivity index is 1.72. The summed E-state index contributed by atoms with van der Waals surface area (Å²) in [5.74, 6) is -0.408. The van der Waals surface area contributed by atoms with Crippen LogP contribution in [-0.2, 0) is 14.8 Å². The molecule has 3 rings (SSSR count). The number of hydrogen-bond acceptors (Lipinski definition) is 4. The van der Waals surface area contributed by atoms with Crippen molar-refractivity contribution in [2.75, 3.05) is 0 Å². The molecule has 3 aromatic rings. The quantitative estimate of drug-likeness (QED) is 0.357. The molecule has 0 saturated carbocycles. The summed E-state index contributed by atoms with van der Waals surface area (Å²) in [7, 11) is -3.81. The molecule has 3 aromatic carbocycles. The van der Waals surface area contributed by atoms with E-state index < -0.39 is 22.0 Å². The van der Waals surface area contributed by atoms with Crippen LogP contribution in [0.5, 0.6) is 0 Å². The Morgan fingerprint density at radius 2 is 1.65 bits per heavy atom. The first-order valence-electron chi connectivity index (χ1n) is 9.55. The van der Waals surface area contributed by atoms with E-state index in [4.69, 9.17) is 0 Å². The Kier molecular flexibility index (Phi) is 7.73. The molecule has 1 amide bonds. The highest BCUT2D eigenvalue weighted by Crippen LogP contribution is 2.21. The number of carbonyl (C=O) groups excluding carboxylic acids is 1. The number of rotatable bonds is 8. The van der Waals surface area contributed by atoms with Crippen LogP contribution in [0.1, 0.15) is 29.2 Å². The number of hydrazone groups is 1. The van der Waals surface area contributed by atoms with Gasteiger partial charge < -0.3 is 0 Å². The third-order valence-electron chi connectivity index (χ3n) is 4.49.